The van der Waals surface area contributed by atoms with E-state index in [9.17, 15) is 13.2 Å². The van der Waals surface area contributed by atoms with Gasteiger partial charge in [0.2, 0.25) is 0 Å². The van der Waals surface area contributed by atoms with Crippen LogP contribution in [0.5, 0.6) is 0 Å². The van der Waals surface area contributed by atoms with Crippen LogP contribution in [0.25, 0.3) is 0 Å². The third-order valence-corrected chi connectivity index (χ3v) is 4.44. The van der Waals surface area contributed by atoms with Crippen LogP contribution in [0.2, 0.25) is 0 Å². The summed E-state index contributed by atoms with van der Waals surface area (Å²) in [4.78, 5) is 4.26. The van der Waals surface area contributed by atoms with Gasteiger partial charge in [0.05, 0.1) is 0 Å². The third kappa shape index (κ3) is 2.80. The largest absolute Gasteiger partial charge is 0.443 e. The number of nitrogens with one attached hydrogen (secondary N) is 1. The molecule has 0 bridgehead atoms. The fourth-order valence-corrected chi connectivity index (χ4v) is 3.39. The molecule has 1 saturated carbocycles. The molecule has 1 aliphatic carbocycles. The minimum atomic E-state index is -4.31. The third-order valence-electron chi connectivity index (χ3n) is 3.27. The standard InChI is InChI=1S/C11H15F3N2S/c1-15-8-5-3-2-4-7(8)9-6-16-10(17-9)11(12,13)14/h6-8,15H,2-5H2,1H3. The van der Waals surface area contributed by atoms with Gasteiger partial charge in [-0.1, -0.05) is 12.8 Å². The Morgan fingerprint density at radius 3 is 2.65 bits per heavy atom. The molecule has 17 heavy (non-hydrogen) atoms. The van der Waals surface area contributed by atoms with Crippen LogP contribution < -0.4 is 5.32 Å². The molecular formula is C11H15F3N2S. The molecular weight excluding hydrogens is 249 g/mol. The van der Waals surface area contributed by atoms with E-state index in [-0.39, 0.29) is 12.0 Å². The normalized spacial score (nSPS) is 26.1. The maximum Gasteiger partial charge on any atom is 0.443 e. The van der Waals surface area contributed by atoms with Gasteiger partial charge in [-0.05, 0) is 19.9 Å². The first-order valence-corrected chi connectivity index (χ1v) is 6.54. The lowest BCUT2D eigenvalue weighted by atomic mass is 9.84. The SMILES string of the molecule is CNC1CCCCC1c1cnc(C(F)(F)F)s1. The van der Waals surface area contributed by atoms with Gasteiger partial charge in [-0.25, -0.2) is 4.98 Å². The minimum absolute atomic E-state index is 0.183. The first kappa shape index (κ1) is 12.8. The Hall–Kier alpha value is -0.620. The van der Waals surface area contributed by atoms with Crippen molar-refractivity contribution in [3.63, 3.8) is 0 Å². The summed E-state index contributed by atoms with van der Waals surface area (Å²) in [6.45, 7) is 0. The van der Waals surface area contributed by atoms with Gasteiger partial charge in [0.25, 0.3) is 0 Å². The fraction of sp³-hybridized carbons (Fsp3) is 0.727. The number of nitrogens with zero attached hydrogens (tertiary/aromatic N) is 1. The summed E-state index contributed by atoms with van der Waals surface area (Å²) in [5.41, 5.74) is 0. The number of alkyl halides is 3. The highest BCUT2D eigenvalue weighted by molar-refractivity contribution is 7.11. The zero-order valence-corrected chi connectivity index (χ0v) is 10.4. The Labute approximate surface area is 102 Å². The fourth-order valence-electron chi connectivity index (χ4n) is 2.41. The van der Waals surface area contributed by atoms with Crippen LogP contribution in [0.3, 0.4) is 0 Å². The molecule has 1 fully saturated rings. The maximum absolute atomic E-state index is 12.5. The van der Waals surface area contributed by atoms with Crippen LogP contribution in [-0.4, -0.2) is 18.1 Å². The van der Waals surface area contributed by atoms with E-state index in [0.29, 0.717) is 0 Å². The first-order chi connectivity index (χ1) is 8.02. The summed E-state index contributed by atoms with van der Waals surface area (Å²) in [5.74, 6) is 0.183. The van der Waals surface area contributed by atoms with E-state index in [0.717, 1.165) is 41.9 Å². The Morgan fingerprint density at radius 2 is 2.06 bits per heavy atom. The predicted molar refractivity (Wildman–Crippen MR) is 61.2 cm³/mol. The summed E-state index contributed by atoms with van der Waals surface area (Å²) in [5, 5.41) is 2.47. The number of halogens is 3. The molecule has 1 heterocycles. The number of thiazole rings is 1. The van der Waals surface area contributed by atoms with Crippen molar-refractivity contribution in [3.8, 4) is 0 Å². The molecule has 2 unspecified atom stereocenters. The number of hydrogen-bond acceptors (Lipinski definition) is 3. The van der Waals surface area contributed by atoms with Crippen LogP contribution in [0.4, 0.5) is 13.2 Å². The average molecular weight is 264 g/mol. The molecule has 1 N–H and O–H groups in total. The quantitative estimate of drug-likeness (QED) is 0.885. The molecule has 96 valence electrons. The summed E-state index contributed by atoms with van der Waals surface area (Å²) >= 11 is 0.789. The van der Waals surface area contributed by atoms with Crippen molar-refractivity contribution in [1.82, 2.24) is 10.3 Å². The summed E-state index contributed by atoms with van der Waals surface area (Å²) in [7, 11) is 1.87. The molecule has 0 aromatic carbocycles. The molecule has 1 aromatic heterocycles. The smallest absolute Gasteiger partial charge is 0.316 e. The van der Waals surface area contributed by atoms with Crippen molar-refractivity contribution in [2.45, 2.75) is 43.8 Å². The van der Waals surface area contributed by atoms with Crippen molar-refractivity contribution in [1.29, 1.82) is 0 Å². The van der Waals surface area contributed by atoms with E-state index in [4.69, 9.17) is 0 Å². The number of rotatable bonds is 2. The molecule has 0 aliphatic heterocycles. The molecule has 1 aromatic rings. The molecule has 6 heteroatoms. The second kappa shape index (κ2) is 4.94. The van der Waals surface area contributed by atoms with E-state index in [1.165, 1.54) is 6.20 Å². The van der Waals surface area contributed by atoms with E-state index in [1.54, 1.807) is 0 Å². The van der Waals surface area contributed by atoms with Gasteiger partial charge >= 0.3 is 6.18 Å². The first-order valence-electron chi connectivity index (χ1n) is 5.72. The van der Waals surface area contributed by atoms with E-state index in [2.05, 4.69) is 10.3 Å². The highest BCUT2D eigenvalue weighted by Crippen LogP contribution is 2.39. The molecule has 0 spiro atoms. The Morgan fingerprint density at radius 1 is 1.35 bits per heavy atom. The summed E-state index contributed by atoms with van der Waals surface area (Å²) in [6.07, 6.45) is 1.29. The van der Waals surface area contributed by atoms with Gasteiger partial charge in [-0.2, -0.15) is 13.2 Å². The minimum Gasteiger partial charge on any atom is -0.316 e. The van der Waals surface area contributed by atoms with Gasteiger partial charge in [-0.15, -0.1) is 11.3 Å². The monoisotopic (exact) mass is 264 g/mol. The van der Waals surface area contributed by atoms with Crippen molar-refractivity contribution in [2.75, 3.05) is 7.05 Å². The second-order valence-corrected chi connectivity index (χ2v) is 5.41. The second-order valence-electron chi connectivity index (χ2n) is 4.35. The summed E-state index contributed by atoms with van der Waals surface area (Å²) < 4.78 is 37.4. The average Bonchev–Trinajstić information content (AvgIpc) is 2.77. The lowest BCUT2D eigenvalue weighted by Gasteiger charge is -2.30. The molecule has 2 rings (SSSR count). The number of aromatic nitrogens is 1. The predicted octanol–water partition coefficient (Wildman–Crippen LogP) is 3.41. The zero-order chi connectivity index (χ0) is 12.5. The topological polar surface area (TPSA) is 24.9 Å². The van der Waals surface area contributed by atoms with Crippen molar-refractivity contribution in [2.24, 2.45) is 0 Å². The highest BCUT2D eigenvalue weighted by atomic mass is 32.1. The molecule has 1 aliphatic rings. The number of hydrogen-bond donors (Lipinski definition) is 1. The lowest BCUT2D eigenvalue weighted by molar-refractivity contribution is -0.137. The maximum atomic E-state index is 12.5. The highest BCUT2D eigenvalue weighted by Gasteiger charge is 2.36. The van der Waals surface area contributed by atoms with Crippen molar-refractivity contribution in [3.05, 3.63) is 16.1 Å². The Bertz CT molecular complexity index is 375. The van der Waals surface area contributed by atoms with Crippen LogP contribution >= 0.6 is 11.3 Å². The van der Waals surface area contributed by atoms with Gasteiger partial charge in [0.1, 0.15) is 0 Å². The van der Waals surface area contributed by atoms with E-state index in [1.807, 2.05) is 7.05 Å². The number of likely N-dealkylation sites (N-methyl/N-ethyl adjacent to an activating group) is 1. The van der Waals surface area contributed by atoms with E-state index >= 15 is 0 Å². The van der Waals surface area contributed by atoms with Gasteiger partial charge in [0.15, 0.2) is 5.01 Å². The lowest BCUT2D eigenvalue weighted by Crippen LogP contribution is -2.34. The Balaban J connectivity index is 2.18. The van der Waals surface area contributed by atoms with Crippen LogP contribution in [-0.2, 0) is 6.18 Å². The van der Waals surface area contributed by atoms with Gasteiger partial charge in [-0.3, -0.25) is 0 Å². The van der Waals surface area contributed by atoms with E-state index < -0.39 is 11.2 Å². The van der Waals surface area contributed by atoms with Crippen molar-refractivity contribution < 1.29 is 13.2 Å². The molecule has 2 atom stereocenters. The zero-order valence-electron chi connectivity index (χ0n) is 9.55. The molecule has 0 saturated heterocycles. The molecule has 2 nitrogen and oxygen atoms in total. The Kier molecular flexibility index (Phi) is 3.73. The summed E-state index contributed by atoms with van der Waals surface area (Å²) in [6, 6.07) is 0.283. The van der Waals surface area contributed by atoms with Crippen LogP contribution in [0.1, 0.15) is 41.5 Å². The molecule has 0 amide bonds. The molecule has 0 radical (unpaired) electrons. The van der Waals surface area contributed by atoms with Crippen LogP contribution in [0, 0.1) is 0 Å². The van der Waals surface area contributed by atoms with Crippen molar-refractivity contribution >= 4 is 11.3 Å². The van der Waals surface area contributed by atoms with Gasteiger partial charge in [0, 0.05) is 23.0 Å². The van der Waals surface area contributed by atoms with Gasteiger partial charge < -0.3 is 5.32 Å². The van der Waals surface area contributed by atoms with Crippen LogP contribution in [0.15, 0.2) is 6.20 Å².